The number of esters is 1. The maximum atomic E-state index is 11.0. The number of carbonyl (C=O) groups excluding carboxylic acids is 1. The van der Waals surface area contributed by atoms with Gasteiger partial charge in [-0.25, -0.2) is 0 Å². The Morgan fingerprint density at radius 2 is 2.45 bits per heavy atom. The predicted molar refractivity (Wildman–Crippen MR) is 40.7 cm³/mol. The van der Waals surface area contributed by atoms with E-state index >= 15 is 0 Å². The zero-order valence-corrected chi connectivity index (χ0v) is 6.67. The summed E-state index contributed by atoms with van der Waals surface area (Å²) in [7, 11) is 1.39. The van der Waals surface area contributed by atoms with Crippen LogP contribution in [-0.4, -0.2) is 25.8 Å². The molecule has 0 aromatic heterocycles. The number of carbonyl (C=O) groups is 1. The average molecular weight is 158 g/mol. The van der Waals surface area contributed by atoms with Crippen LogP contribution >= 0.6 is 0 Å². The molecule has 11 heavy (non-hydrogen) atoms. The van der Waals surface area contributed by atoms with Crippen LogP contribution in [0.1, 0.15) is 12.8 Å². The zero-order chi connectivity index (χ0) is 8.27. The minimum absolute atomic E-state index is 0.159. The number of nitrogens with two attached hydrogens (primary N) is 1. The molecule has 0 saturated carbocycles. The van der Waals surface area contributed by atoms with Crippen molar-refractivity contribution in [3.05, 3.63) is 0 Å². The Balaban J connectivity index is 2.47. The second-order valence-corrected chi connectivity index (χ2v) is 2.75. The van der Waals surface area contributed by atoms with E-state index in [9.17, 15) is 4.79 Å². The van der Waals surface area contributed by atoms with Crippen molar-refractivity contribution >= 4 is 5.97 Å². The van der Waals surface area contributed by atoms with Gasteiger partial charge < -0.3 is 15.8 Å². The van der Waals surface area contributed by atoms with Crippen LogP contribution in [0.15, 0.2) is 0 Å². The first kappa shape index (κ1) is 8.49. The SMILES string of the molecule is COC(=O)C1CCCNC1N. The van der Waals surface area contributed by atoms with Crippen molar-refractivity contribution in [3.63, 3.8) is 0 Å². The highest BCUT2D eigenvalue weighted by Gasteiger charge is 2.28. The summed E-state index contributed by atoms with van der Waals surface area (Å²) in [6.45, 7) is 0.897. The third-order valence-electron chi connectivity index (χ3n) is 2.01. The maximum Gasteiger partial charge on any atom is 0.311 e. The van der Waals surface area contributed by atoms with Crippen molar-refractivity contribution in [2.45, 2.75) is 19.0 Å². The van der Waals surface area contributed by atoms with Gasteiger partial charge in [-0.2, -0.15) is 0 Å². The summed E-state index contributed by atoms with van der Waals surface area (Å²) in [4.78, 5) is 11.0. The topological polar surface area (TPSA) is 64.3 Å². The molecule has 4 heteroatoms. The van der Waals surface area contributed by atoms with E-state index in [4.69, 9.17) is 5.73 Å². The minimum atomic E-state index is -0.226. The molecule has 0 bridgehead atoms. The second-order valence-electron chi connectivity index (χ2n) is 2.75. The molecule has 4 nitrogen and oxygen atoms in total. The second kappa shape index (κ2) is 3.69. The average Bonchev–Trinajstić information content (AvgIpc) is 2.04. The van der Waals surface area contributed by atoms with Gasteiger partial charge >= 0.3 is 5.97 Å². The first-order valence-electron chi connectivity index (χ1n) is 3.82. The Morgan fingerprint density at radius 3 is 3.00 bits per heavy atom. The molecule has 0 aliphatic carbocycles. The van der Waals surface area contributed by atoms with Crippen LogP contribution in [0.5, 0.6) is 0 Å². The molecule has 3 N–H and O–H groups in total. The highest BCUT2D eigenvalue weighted by Crippen LogP contribution is 2.14. The lowest BCUT2D eigenvalue weighted by atomic mass is 9.97. The van der Waals surface area contributed by atoms with Crippen molar-refractivity contribution < 1.29 is 9.53 Å². The van der Waals surface area contributed by atoms with Crippen LogP contribution < -0.4 is 11.1 Å². The van der Waals surface area contributed by atoms with E-state index in [1.165, 1.54) is 7.11 Å². The fraction of sp³-hybridized carbons (Fsp3) is 0.857. The number of methoxy groups -OCH3 is 1. The van der Waals surface area contributed by atoms with Gasteiger partial charge in [-0.15, -0.1) is 0 Å². The lowest BCUT2D eigenvalue weighted by Crippen LogP contribution is -2.50. The number of ether oxygens (including phenoxy) is 1. The van der Waals surface area contributed by atoms with Gasteiger partial charge in [0.05, 0.1) is 19.2 Å². The summed E-state index contributed by atoms with van der Waals surface area (Å²) in [6.07, 6.45) is 1.60. The standard InChI is InChI=1S/C7H14N2O2/c1-11-7(10)5-3-2-4-9-6(5)8/h5-6,9H,2-4,8H2,1H3. The summed E-state index contributed by atoms with van der Waals surface area (Å²) in [5.41, 5.74) is 5.64. The molecule has 0 aromatic rings. The third-order valence-corrected chi connectivity index (χ3v) is 2.01. The third kappa shape index (κ3) is 1.91. The fourth-order valence-corrected chi connectivity index (χ4v) is 1.33. The van der Waals surface area contributed by atoms with E-state index in [2.05, 4.69) is 10.1 Å². The van der Waals surface area contributed by atoms with E-state index in [-0.39, 0.29) is 18.1 Å². The highest BCUT2D eigenvalue weighted by molar-refractivity contribution is 5.73. The molecule has 1 aliphatic heterocycles. The molecular weight excluding hydrogens is 144 g/mol. The molecule has 0 spiro atoms. The first-order chi connectivity index (χ1) is 5.25. The summed E-state index contributed by atoms with van der Waals surface area (Å²) in [5.74, 6) is -0.363. The summed E-state index contributed by atoms with van der Waals surface area (Å²) in [6, 6.07) is 0. The largest absolute Gasteiger partial charge is 0.469 e. The van der Waals surface area contributed by atoms with Gasteiger partial charge in [-0.3, -0.25) is 4.79 Å². The molecule has 0 aromatic carbocycles. The van der Waals surface area contributed by atoms with Gasteiger partial charge in [-0.1, -0.05) is 0 Å². The Hall–Kier alpha value is -0.610. The number of rotatable bonds is 1. The van der Waals surface area contributed by atoms with Crippen molar-refractivity contribution in [1.29, 1.82) is 0 Å². The summed E-state index contributed by atoms with van der Waals surface area (Å²) >= 11 is 0. The van der Waals surface area contributed by atoms with Crippen LogP contribution in [0.4, 0.5) is 0 Å². The molecule has 0 radical (unpaired) electrons. The Morgan fingerprint density at radius 1 is 1.73 bits per heavy atom. The molecule has 2 atom stereocenters. The molecule has 1 saturated heterocycles. The maximum absolute atomic E-state index is 11.0. The smallest absolute Gasteiger partial charge is 0.311 e. The Labute approximate surface area is 66.1 Å². The zero-order valence-electron chi connectivity index (χ0n) is 6.67. The van der Waals surface area contributed by atoms with Crippen molar-refractivity contribution in [3.8, 4) is 0 Å². The van der Waals surface area contributed by atoms with Crippen LogP contribution in [0.25, 0.3) is 0 Å². The number of nitrogens with one attached hydrogen (secondary N) is 1. The summed E-state index contributed by atoms with van der Waals surface area (Å²) < 4.78 is 4.60. The van der Waals surface area contributed by atoms with Crippen molar-refractivity contribution in [2.24, 2.45) is 11.7 Å². The van der Waals surface area contributed by atoms with Crippen molar-refractivity contribution in [2.75, 3.05) is 13.7 Å². The van der Waals surface area contributed by atoms with Crippen molar-refractivity contribution in [1.82, 2.24) is 5.32 Å². The molecular formula is C7H14N2O2. The molecule has 64 valence electrons. The van der Waals surface area contributed by atoms with E-state index < -0.39 is 0 Å². The van der Waals surface area contributed by atoms with Crippen LogP contribution in [-0.2, 0) is 9.53 Å². The van der Waals surface area contributed by atoms with Gasteiger partial charge in [0.2, 0.25) is 0 Å². The van der Waals surface area contributed by atoms with Gasteiger partial charge in [0, 0.05) is 0 Å². The molecule has 2 unspecified atom stereocenters. The lowest BCUT2D eigenvalue weighted by molar-refractivity contribution is -0.147. The minimum Gasteiger partial charge on any atom is -0.469 e. The quantitative estimate of drug-likeness (QED) is 0.502. The van der Waals surface area contributed by atoms with E-state index in [0.29, 0.717) is 0 Å². The normalized spacial score (nSPS) is 31.5. The van der Waals surface area contributed by atoms with Gasteiger partial charge in [0.25, 0.3) is 0 Å². The van der Waals surface area contributed by atoms with E-state index in [0.717, 1.165) is 19.4 Å². The van der Waals surface area contributed by atoms with Crippen LogP contribution in [0.2, 0.25) is 0 Å². The number of piperidine rings is 1. The van der Waals surface area contributed by atoms with Gasteiger partial charge in [0.1, 0.15) is 0 Å². The monoisotopic (exact) mass is 158 g/mol. The molecule has 0 amide bonds. The van der Waals surface area contributed by atoms with E-state index in [1.54, 1.807) is 0 Å². The predicted octanol–water partition coefficient (Wildman–Crippen LogP) is -0.556. The van der Waals surface area contributed by atoms with Gasteiger partial charge in [-0.05, 0) is 19.4 Å². The summed E-state index contributed by atoms with van der Waals surface area (Å²) in [5, 5.41) is 3.02. The molecule has 1 aliphatic rings. The Kier molecular flexibility index (Phi) is 2.84. The Bertz CT molecular complexity index is 149. The molecule has 1 fully saturated rings. The first-order valence-corrected chi connectivity index (χ1v) is 3.82. The lowest BCUT2D eigenvalue weighted by Gasteiger charge is -2.27. The van der Waals surface area contributed by atoms with Gasteiger partial charge in [0.15, 0.2) is 0 Å². The van der Waals surface area contributed by atoms with E-state index in [1.807, 2.05) is 0 Å². The van der Waals surface area contributed by atoms with Crippen LogP contribution in [0.3, 0.4) is 0 Å². The van der Waals surface area contributed by atoms with Crippen LogP contribution in [0, 0.1) is 5.92 Å². The molecule has 1 rings (SSSR count). The number of hydrogen-bond acceptors (Lipinski definition) is 4. The molecule has 1 heterocycles. The highest BCUT2D eigenvalue weighted by atomic mass is 16.5. The fourth-order valence-electron chi connectivity index (χ4n) is 1.33. The number of hydrogen-bond donors (Lipinski definition) is 2.